The Hall–Kier alpha value is -4.03. The number of hydrogen-bond acceptors (Lipinski definition) is 7. The van der Waals surface area contributed by atoms with Gasteiger partial charge in [-0.2, -0.15) is 0 Å². The second-order valence-electron chi connectivity index (χ2n) is 14.3. The molecule has 3 aromatic carbocycles. The highest BCUT2D eigenvalue weighted by Crippen LogP contribution is 2.60. The average molecular weight is 714 g/mol. The summed E-state index contributed by atoms with van der Waals surface area (Å²) in [4.78, 5) is 31.3. The van der Waals surface area contributed by atoms with E-state index in [1.54, 1.807) is 11.8 Å². The predicted molar refractivity (Wildman–Crippen MR) is 196 cm³/mol. The van der Waals surface area contributed by atoms with E-state index in [2.05, 4.69) is 42.5 Å². The van der Waals surface area contributed by atoms with Crippen LogP contribution in [0.25, 0.3) is 0 Å². The van der Waals surface area contributed by atoms with Gasteiger partial charge in [0, 0.05) is 60.9 Å². The molecule has 4 heterocycles. The summed E-state index contributed by atoms with van der Waals surface area (Å²) in [6.45, 7) is 8.50. The number of amides is 2. The zero-order valence-electron chi connectivity index (χ0n) is 29.0. The lowest BCUT2D eigenvalue weighted by Crippen LogP contribution is -2.51. The molecule has 1 spiro atoms. The monoisotopic (exact) mass is 713 g/mol. The average Bonchev–Trinajstić information content (AvgIpc) is 3.87. The summed E-state index contributed by atoms with van der Waals surface area (Å²) in [6, 6.07) is 21.9. The zero-order valence-corrected chi connectivity index (χ0v) is 30.8. The maximum absolute atomic E-state index is 15.1. The highest BCUT2D eigenvalue weighted by Gasteiger charge is 2.66. The number of hydrogen-bond donors (Lipinski definition) is 1. The van der Waals surface area contributed by atoms with Gasteiger partial charge >= 0.3 is 0 Å². The van der Waals surface area contributed by atoms with Crippen LogP contribution in [0.15, 0.2) is 72.9 Å². The van der Waals surface area contributed by atoms with Crippen LogP contribution in [0, 0.1) is 5.92 Å². The van der Waals surface area contributed by atoms with E-state index >= 15 is 4.79 Å². The summed E-state index contributed by atoms with van der Waals surface area (Å²) >= 11 is 6.69. The number of halogens is 1. The Balaban J connectivity index is 1.27. The molecule has 0 bridgehead atoms. The molecule has 4 atom stereocenters. The van der Waals surface area contributed by atoms with Crippen LogP contribution >= 0.6 is 11.6 Å². The van der Waals surface area contributed by atoms with Crippen LogP contribution < -0.4 is 19.7 Å². The van der Waals surface area contributed by atoms with Crippen LogP contribution in [-0.4, -0.2) is 66.4 Å². The largest absolute Gasteiger partial charge is 0.497 e. The van der Waals surface area contributed by atoms with Gasteiger partial charge in [-0.05, 0) is 66.4 Å². The Morgan fingerprint density at radius 3 is 2.62 bits per heavy atom. The molecule has 0 saturated carbocycles. The number of methoxy groups -OCH3 is 1. The van der Waals surface area contributed by atoms with Crippen molar-refractivity contribution < 1.29 is 24.2 Å². The highest BCUT2D eigenvalue weighted by molar-refractivity contribution is 6.91. The number of aryl methyl sites for hydroxylation is 1. The third kappa shape index (κ3) is 5.93. The molecule has 1 N–H and O–H groups in total. The standard InChI is InChI=1S/C38H44ClN5O5Si/c1-25-36(50(3,4)31-13-11-30(48-2)12-14-31)34(16-19-42-24-28(17-20-45)40-41-42)49-38(25)32-22-27(39)10-15-33(32)44(37(38)47)23-26-7-5-8-29(21-26)43-18-6-9-35(43)46/h5,7-8,10-15,21-22,24-25,34,36,45H,6,9,16-20,23H2,1-4H3/t25-,34+,36-,38+/m0/s1. The third-order valence-corrected chi connectivity index (χ3v) is 15.6. The Kier molecular flexibility index (Phi) is 9.36. The number of aromatic nitrogens is 3. The molecule has 0 unspecified atom stereocenters. The van der Waals surface area contributed by atoms with Gasteiger partial charge < -0.3 is 24.4 Å². The van der Waals surface area contributed by atoms with E-state index in [1.807, 2.05) is 70.6 Å². The van der Waals surface area contributed by atoms with Crippen molar-refractivity contribution in [2.45, 2.75) is 76.0 Å². The summed E-state index contributed by atoms with van der Waals surface area (Å²) in [5.74, 6) is 0.654. The zero-order chi connectivity index (χ0) is 35.2. The van der Waals surface area contributed by atoms with Crippen molar-refractivity contribution in [2.24, 2.45) is 5.92 Å². The molecule has 3 aliphatic heterocycles. The van der Waals surface area contributed by atoms with Gasteiger partial charge in [0.2, 0.25) is 5.91 Å². The molecule has 50 heavy (non-hydrogen) atoms. The minimum atomic E-state index is -2.34. The van der Waals surface area contributed by atoms with Gasteiger partial charge in [-0.3, -0.25) is 14.3 Å². The first-order chi connectivity index (χ1) is 24.1. The number of ether oxygens (including phenoxy) is 2. The van der Waals surface area contributed by atoms with Crippen molar-refractivity contribution >= 4 is 48.1 Å². The molecule has 2 saturated heterocycles. The SMILES string of the molecule is COc1ccc([Si](C)(C)[C@@H]2[C@@H](CCn3cc(CCO)nn3)O[C@]3(C(=O)N(Cc4cccc(N5CCCC5=O)c4)c4ccc(Cl)cc43)[C@H]2C)cc1. The minimum absolute atomic E-state index is 0.00937. The van der Waals surface area contributed by atoms with Gasteiger partial charge in [0.1, 0.15) is 5.75 Å². The van der Waals surface area contributed by atoms with E-state index in [0.29, 0.717) is 43.9 Å². The van der Waals surface area contributed by atoms with Crippen LogP contribution in [0.1, 0.15) is 43.0 Å². The Labute approximate surface area is 298 Å². The van der Waals surface area contributed by atoms with Crippen molar-refractivity contribution in [3.05, 3.63) is 94.8 Å². The number of carbonyl (C=O) groups excluding carboxylic acids is 2. The van der Waals surface area contributed by atoms with E-state index in [4.69, 9.17) is 21.1 Å². The van der Waals surface area contributed by atoms with Crippen molar-refractivity contribution in [2.75, 3.05) is 30.1 Å². The fraction of sp³-hybridized carbons (Fsp3) is 0.421. The molecule has 3 aliphatic rings. The van der Waals surface area contributed by atoms with Crippen LogP contribution in [-0.2, 0) is 39.4 Å². The predicted octanol–water partition coefficient (Wildman–Crippen LogP) is 5.45. The number of fused-ring (bicyclic) bond motifs is 2. The van der Waals surface area contributed by atoms with Crippen molar-refractivity contribution in [3.63, 3.8) is 0 Å². The molecule has 10 nitrogen and oxygen atoms in total. The van der Waals surface area contributed by atoms with E-state index in [1.165, 1.54) is 5.19 Å². The molecular formula is C38H44ClN5O5Si. The second-order valence-corrected chi connectivity index (χ2v) is 19.4. The molecule has 12 heteroatoms. The molecule has 2 amide bonds. The third-order valence-electron chi connectivity index (χ3n) is 11.0. The summed E-state index contributed by atoms with van der Waals surface area (Å²) < 4.78 is 14.5. The quantitative estimate of drug-likeness (QED) is 0.206. The normalized spacial score (nSPS) is 23.4. The van der Waals surface area contributed by atoms with Crippen molar-refractivity contribution in [3.8, 4) is 5.75 Å². The Morgan fingerprint density at radius 2 is 1.90 bits per heavy atom. The second kappa shape index (κ2) is 13.6. The number of rotatable bonds is 11. The van der Waals surface area contributed by atoms with Crippen LogP contribution in [0.5, 0.6) is 5.75 Å². The van der Waals surface area contributed by atoms with Gasteiger partial charge in [-0.1, -0.05) is 66.3 Å². The first kappa shape index (κ1) is 34.4. The first-order valence-electron chi connectivity index (χ1n) is 17.4. The molecule has 262 valence electrons. The number of benzene rings is 3. The molecule has 1 aromatic heterocycles. The van der Waals surface area contributed by atoms with Crippen molar-refractivity contribution in [1.82, 2.24) is 15.0 Å². The van der Waals surface area contributed by atoms with Gasteiger partial charge in [-0.25, -0.2) is 0 Å². The number of nitrogens with zero attached hydrogens (tertiary/aromatic N) is 5. The van der Waals surface area contributed by atoms with Crippen LogP contribution in [0.2, 0.25) is 23.7 Å². The van der Waals surface area contributed by atoms with Crippen LogP contribution in [0.3, 0.4) is 0 Å². The summed E-state index contributed by atoms with van der Waals surface area (Å²) in [7, 11) is -0.668. The van der Waals surface area contributed by atoms with E-state index in [9.17, 15) is 9.90 Å². The molecular weight excluding hydrogens is 670 g/mol. The van der Waals surface area contributed by atoms with E-state index in [-0.39, 0.29) is 36.0 Å². The minimum Gasteiger partial charge on any atom is -0.497 e. The van der Waals surface area contributed by atoms with Crippen molar-refractivity contribution in [1.29, 1.82) is 0 Å². The fourth-order valence-corrected chi connectivity index (χ4v) is 12.8. The topological polar surface area (TPSA) is 110 Å². The summed E-state index contributed by atoms with van der Waals surface area (Å²) in [5, 5.41) is 19.7. The molecule has 0 aliphatic carbocycles. The van der Waals surface area contributed by atoms with Gasteiger partial charge in [0.05, 0.1) is 39.2 Å². The number of anilines is 2. The Morgan fingerprint density at radius 1 is 1.10 bits per heavy atom. The number of aliphatic hydroxyl groups excluding tert-OH is 1. The van der Waals surface area contributed by atoms with Gasteiger partial charge in [-0.15, -0.1) is 5.10 Å². The van der Waals surface area contributed by atoms with Gasteiger partial charge in [0.25, 0.3) is 5.91 Å². The molecule has 2 fully saturated rings. The maximum atomic E-state index is 15.1. The van der Waals surface area contributed by atoms with E-state index in [0.717, 1.165) is 40.4 Å². The van der Waals surface area contributed by atoms with Gasteiger partial charge in [0.15, 0.2) is 5.60 Å². The maximum Gasteiger partial charge on any atom is 0.264 e. The number of carbonyl (C=O) groups is 2. The summed E-state index contributed by atoms with van der Waals surface area (Å²) in [5.41, 5.74) is 2.93. The summed E-state index contributed by atoms with van der Waals surface area (Å²) in [6.07, 6.45) is 4.07. The molecule has 4 aromatic rings. The fourth-order valence-electron chi connectivity index (χ4n) is 8.58. The lowest BCUT2D eigenvalue weighted by molar-refractivity contribution is -0.146. The Bertz CT molecular complexity index is 1900. The van der Waals surface area contributed by atoms with E-state index < -0.39 is 13.7 Å². The molecule has 7 rings (SSSR count). The number of aliphatic hydroxyl groups is 1. The smallest absolute Gasteiger partial charge is 0.264 e. The molecule has 0 radical (unpaired) electrons. The lowest BCUT2D eigenvalue weighted by atomic mass is 9.82. The lowest BCUT2D eigenvalue weighted by Gasteiger charge is -2.37. The first-order valence-corrected chi connectivity index (χ1v) is 20.9. The van der Waals surface area contributed by atoms with Crippen LogP contribution in [0.4, 0.5) is 11.4 Å². The highest BCUT2D eigenvalue weighted by atomic mass is 35.5.